The van der Waals surface area contributed by atoms with E-state index >= 15 is 0 Å². The molecular formula is C15H12FN3O2S. The molecule has 0 fully saturated rings. The first-order valence-corrected chi connectivity index (χ1v) is 7.41. The van der Waals surface area contributed by atoms with Gasteiger partial charge in [-0.15, -0.1) is 11.3 Å². The summed E-state index contributed by atoms with van der Waals surface area (Å²) in [4.78, 5) is 31.6. The minimum absolute atomic E-state index is 0.161. The summed E-state index contributed by atoms with van der Waals surface area (Å²) >= 11 is 1.37. The number of nitrogens with one attached hydrogen (secondary N) is 2. The van der Waals surface area contributed by atoms with Gasteiger partial charge in [0.05, 0.1) is 24.7 Å². The lowest BCUT2D eigenvalue weighted by Gasteiger charge is -2.03. The second-order valence-corrected chi connectivity index (χ2v) is 5.86. The maximum Gasteiger partial charge on any atom is 0.259 e. The van der Waals surface area contributed by atoms with Gasteiger partial charge in [-0.3, -0.25) is 9.59 Å². The molecular weight excluding hydrogens is 305 g/mol. The Morgan fingerprint density at radius 1 is 1.32 bits per heavy atom. The number of hydrogen-bond acceptors (Lipinski definition) is 4. The largest absolute Gasteiger partial charge is 0.351 e. The summed E-state index contributed by atoms with van der Waals surface area (Å²) in [5.41, 5.74) is 0.554. The van der Waals surface area contributed by atoms with Gasteiger partial charge >= 0.3 is 0 Å². The van der Waals surface area contributed by atoms with Crippen LogP contribution in [-0.2, 0) is 17.8 Å². The van der Waals surface area contributed by atoms with Gasteiger partial charge in [-0.05, 0) is 23.8 Å². The van der Waals surface area contributed by atoms with Gasteiger partial charge in [-0.1, -0.05) is 12.1 Å². The van der Waals surface area contributed by atoms with Gasteiger partial charge in [0.2, 0.25) is 5.91 Å². The molecule has 1 amide bonds. The smallest absolute Gasteiger partial charge is 0.259 e. The van der Waals surface area contributed by atoms with Gasteiger partial charge in [-0.2, -0.15) is 0 Å². The minimum Gasteiger partial charge on any atom is -0.351 e. The number of amides is 1. The summed E-state index contributed by atoms with van der Waals surface area (Å²) in [6, 6.07) is 7.54. The van der Waals surface area contributed by atoms with E-state index in [-0.39, 0.29) is 23.7 Å². The Balaban J connectivity index is 1.63. The van der Waals surface area contributed by atoms with Crippen molar-refractivity contribution in [1.82, 2.24) is 15.3 Å². The van der Waals surface area contributed by atoms with E-state index in [0.717, 1.165) is 10.4 Å². The Hall–Kier alpha value is -2.54. The van der Waals surface area contributed by atoms with Gasteiger partial charge in [0, 0.05) is 4.88 Å². The zero-order chi connectivity index (χ0) is 15.5. The number of fused-ring (bicyclic) bond motifs is 1. The van der Waals surface area contributed by atoms with Crippen LogP contribution in [0.25, 0.3) is 10.2 Å². The van der Waals surface area contributed by atoms with Crippen LogP contribution in [-0.4, -0.2) is 15.9 Å². The van der Waals surface area contributed by atoms with Crippen LogP contribution in [0.2, 0.25) is 0 Å². The fourth-order valence-electron chi connectivity index (χ4n) is 2.04. The Kier molecular flexibility index (Phi) is 3.97. The van der Waals surface area contributed by atoms with E-state index in [4.69, 9.17) is 0 Å². The van der Waals surface area contributed by atoms with E-state index in [9.17, 15) is 14.0 Å². The monoisotopic (exact) mass is 317 g/mol. The Labute approximate surface area is 128 Å². The average Bonchev–Trinajstić information content (AvgIpc) is 2.92. The van der Waals surface area contributed by atoms with Crippen molar-refractivity contribution >= 4 is 27.5 Å². The molecule has 0 aliphatic heterocycles. The van der Waals surface area contributed by atoms with E-state index in [0.29, 0.717) is 16.8 Å². The molecule has 7 heteroatoms. The maximum absolute atomic E-state index is 12.8. The molecule has 2 aromatic heterocycles. The van der Waals surface area contributed by atoms with Crippen LogP contribution < -0.4 is 10.9 Å². The molecule has 0 bridgehead atoms. The van der Waals surface area contributed by atoms with Gasteiger partial charge in [0.1, 0.15) is 10.6 Å². The van der Waals surface area contributed by atoms with E-state index in [1.807, 2.05) is 0 Å². The van der Waals surface area contributed by atoms with E-state index in [1.165, 1.54) is 29.8 Å². The zero-order valence-electron chi connectivity index (χ0n) is 11.4. The molecule has 0 unspecified atom stereocenters. The van der Waals surface area contributed by atoms with Crippen molar-refractivity contribution in [2.24, 2.45) is 0 Å². The molecule has 3 rings (SSSR count). The highest BCUT2D eigenvalue weighted by atomic mass is 32.1. The Morgan fingerprint density at radius 2 is 2.09 bits per heavy atom. The third-order valence-corrected chi connectivity index (χ3v) is 4.17. The SMILES string of the molecule is O=C(Cc1ccc(F)cc1)NCc1cc2c(=O)[nH]cnc2s1. The lowest BCUT2D eigenvalue weighted by atomic mass is 10.1. The highest BCUT2D eigenvalue weighted by Crippen LogP contribution is 2.20. The molecule has 1 aromatic carbocycles. The lowest BCUT2D eigenvalue weighted by molar-refractivity contribution is -0.120. The summed E-state index contributed by atoms with van der Waals surface area (Å²) in [6.07, 6.45) is 1.54. The van der Waals surface area contributed by atoms with Crippen LogP contribution in [0.1, 0.15) is 10.4 Å². The molecule has 0 saturated heterocycles. The van der Waals surface area contributed by atoms with Crippen LogP contribution in [0.4, 0.5) is 4.39 Å². The predicted octanol–water partition coefficient (Wildman–Crippen LogP) is 1.98. The van der Waals surface area contributed by atoms with Gasteiger partial charge in [0.15, 0.2) is 0 Å². The number of halogens is 1. The molecule has 112 valence electrons. The second kappa shape index (κ2) is 6.07. The fourth-order valence-corrected chi connectivity index (χ4v) is 2.98. The van der Waals surface area contributed by atoms with Crippen LogP contribution in [0.3, 0.4) is 0 Å². The van der Waals surface area contributed by atoms with Crippen molar-refractivity contribution in [3.8, 4) is 0 Å². The average molecular weight is 317 g/mol. The molecule has 0 aliphatic rings. The van der Waals surface area contributed by atoms with Crippen molar-refractivity contribution < 1.29 is 9.18 Å². The number of thiophene rings is 1. The second-order valence-electron chi connectivity index (χ2n) is 4.74. The number of hydrogen-bond donors (Lipinski definition) is 2. The minimum atomic E-state index is -0.327. The predicted molar refractivity (Wildman–Crippen MR) is 82.2 cm³/mol. The van der Waals surface area contributed by atoms with E-state index < -0.39 is 0 Å². The summed E-state index contributed by atoms with van der Waals surface area (Å²) in [5.74, 6) is -0.488. The zero-order valence-corrected chi connectivity index (χ0v) is 12.2. The maximum atomic E-state index is 12.8. The molecule has 0 radical (unpaired) electrons. The number of carbonyl (C=O) groups is 1. The Bertz CT molecular complexity index is 870. The van der Waals surface area contributed by atoms with Crippen LogP contribution in [0, 0.1) is 5.82 Å². The first-order chi connectivity index (χ1) is 10.6. The lowest BCUT2D eigenvalue weighted by Crippen LogP contribution is -2.24. The van der Waals surface area contributed by atoms with Crippen LogP contribution in [0.15, 0.2) is 41.5 Å². The number of rotatable bonds is 4. The molecule has 2 heterocycles. The standard InChI is InChI=1S/C15H12FN3O2S/c16-10-3-1-9(2-4-10)5-13(20)17-7-11-6-12-14(21)18-8-19-15(12)22-11/h1-4,6,8H,5,7H2,(H,17,20)(H,18,19,21). The van der Waals surface area contributed by atoms with E-state index in [1.54, 1.807) is 18.2 Å². The van der Waals surface area contributed by atoms with Crippen molar-refractivity contribution in [2.75, 3.05) is 0 Å². The third-order valence-electron chi connectivity index (χ3n) is 3.12. The van der Waals surface area contributed by atoms with Crippen molar-refractivity contribution in [3.63, 3.8) is 0 Å². The number of aromatic amines is 1. The normalized spacial score (nSPS) is 10.8. The highest BCUT2D eigenvalue weighted by molar-refractivity contribution is 7.18. The van der Waals surface area contributed by atoms with E-state index in [2.05, 4.69) is 15.3 Å². The first-order valence-electron chi connectivity index (χ1n) is 6.59. The van der Waals surface area contributed by atoms with Crippen LogP contribution in [0.5, 0.6) is 0 Å². The van der Waals surface area contributed by atoms with Gasteiger partial charge < -0.3 is 10.3 Å². The number of nitrogens with zero attached hydrogens (tertiary/aromatic N) is 1. The van der Waals surface area contributed by atoms with Crippen molar-refractivity contribution in [1.29, 1.82) is 0 Å². The summed E-state index contributed by atoms with van der Waals surface area (Å²) in [7, 11) is 0. The number of carbonyl (C=O) groups excluding carboxylic acids is 1. The van der Waals surface area contributed by atoms with Crippen molar-refractivity contribution in [3.05, 3.63) is 63.3 Å². The quantitative estimate of drug-likeness (QED) is 0.772. The molecule has 2 N–H and O–H groups in total. The fraction of sp³-hybridized carbons (Fsp3) is 0.133. The molecule has 3 aromatic rings. The topological polar surface area (TPSA) is 74.8 Å². The number of benzene rings is 1. The molecule has 0 atom stereocenters. The van der Waals surface area contributed by atoms with Gasteiger partial charge in [0.25, 0.3) is 5.56 Å². The number of aromatic nitrogens is 2. The highest BCUT2D eigenvalue weighted by Gasteiger charge is 2.08. The van der Waals surface area contributed by atoms with Crippen molar-refractivity contribution in [2.45, 2.75) is 13.0 Å². The molecule has 0 saturated carbocycles. The van der Waals surface area contributed by atoms with Crippen LogP contribution >= 0.6 is 11.3 Å². The summed E-state index contributed by atoms with van der Waals surface area (Å²) in [6.45, 7) is 0.334. The molecule has 5 nitrogen and oxygen atoms in total. The third kappa shape index (κ3) is 3.20. The molecule has 22 heavy (non-hydrogen) atoms. The molecule has 0 spiro atoms. The molecule has 0 aliphatic carbocycles. The summed E-state index contributed by atoms with van der Waals surface area (Å²) < 4.78 is 12.8. The van der Waals surface area contributed by atoms with Gasteiger partial charge in [-0.25, -0.2) is 9.37 Å². The first kappa shape index (κ1) is 14.4. The Morgan fingerprint density at radius 3 is 2.82 bits per heavy atom. The summed E-state index contributed by atoms with van der Waals surface area (Å²) in [5, 5.41) is 3.30. The number of H-pyrrole nitrogens is 1.